The van der Waals surface area contributed by atoms with Gasteiger partial charge in [0.05, 0.1) is 0 Å². The van der Waals surface area contributed by atoms with Crippen LogP contribution in [0.1, 0.15) is 23.7 Å². The molecule has 1 amide bonds. The van der Waals surface area contributed by atoms with Crippen LogP contribution in [-0.2, 0) is 0 Å². The van der Waals surface area contributed by atoms with E-state index in [0.717, 1.165) is 15.6 Å². The smallest absolute Gasteiger partial charge is 0.251 e. The second kappa shape index (κ2) is 6.48. The first-order valence-corrected chi connectivity index (χ1v) is 6.77. The Kier molecular flexibility index (Phi) is 5.60. The summed E-state index contributed by atoms with van der Waals surface area (Å²) in [6, 6.07) is 7.57. The number of alkyl halides is 1. The van der Waals surface area contributed by atoms with Crippen molar-refractivity contribution in [2.75, 3.05) is 6.54 Å². The maximum absolute atomic E-state index is 11.6. The van der Waals surface area contributed by atoms with Crippen LogP contribution in [0.3, 0.4) is 0 Å². The average Bonchev–Trinajstić information content (AvgIpc) is 2.17. The summed E-state index contributed by atoms with van der Waals surface area (Å²) < 4.78 is 1.08. The molecule has 0 saturated carbocycles. The average molecular weight is 382 g/mol. The Morgan fingerprint density at radius 3 is 2.93 bits per heavy atom. The van der Waals surface area contributed by atoms with Crippen LogP contribution in [0.15, 0.2) is 24.3 Å². The SMILES string of the molecule is CC(Br)CCNC(=O)c1cccc(I)c1. The van der Waals surface area contributed by atoms with Crippen LogP contribution >= 0.6 is 38.5 Å². The number of carbonyl (C=O) groups excluding carboxylic acids is 1. The van der Waals surface area contributed by atoms with E-state index in [4.69, 9.17) is 0 Å². The summed E-state index contributed by atoms with van der Waals surface area (Å²) in [6.07, 6.45) is 0.940. The molecular formula is C11H13BrINO. The first-order chi connectivity index (χ1) is 7.09. The van der Waals surface area contributed by atoms with Crippen molar-refractivity contribution in [3.05, 3.63) is 33.4 Å². The Hall–Kier alpha value is -0.100. The van der Waals surface area contributed by atoms with Crippen LogP contribution in [0.2, 0.25) is 0 Å². The summed E-state index contributed by atoms with van der Waals surface area (Å²) in [7, 11) is 0. The molecule has 0 aromatic heterocycles. The molecule has 0 aliphatic rings. The minimum atomic E-state index is 0.00154. The second-order valence-electron chi connectivity index (χ2n) is 3.34. The molecule has 1 aromatic carbocycles. The summed E-state index contributed by atoms with van der Waals surface area (Å²) in [5.74, 6) is 0.00154. The van der Waals surface area contributed by atoms with E-state index < -0.39 is 0 Å². The van der Waals surface area contributed by atoms with Gasteiger partial charge in [-0.05, 0) is 47.2 Å². The van der Waals surface area contributed by atoms with E-state index in [9.17, 15) is 4.79 Å². The molecule has 0 spiro atoms. The van der Waals surface area contributed by atoms with Gasteiger partial charge in [0.1, 0.15) is 0 Å². The molecule has 15 heavy (non-hydrogen) atoms. The number of nitrogens with one attached hydrogen (secondary N) is 1. The third-order valence-electron chi connectivity index (χ3n) is 1.91. The van der Waals surface area contributed by atoms with Crippen LogP contribution in [0, 0.1) is 3.57 Å². The van der Waals surface area contributed by atoms with Crippen molar-refractivity contribution in [2.45, 2.75) is 18.2 Å². The van der Waals surface area contributed by atoms with Crippen LogP contribution in [0.5, 0.6) is 0 Å². The lowest BCUT2D eigenvalue weighted by Gasteiger charge is -2.06. The van der Waals surface area contributed by atoms with Crippen molar-refractivity contribution >= 4 is 44.4 Å². The summed E-state index contributed by atoms with van der Waals surface area (Å²) in [5.41, 5.74) is 0.726. The first kappa shape index (κ1) is 13.0. The number of hydrogen-bond donors (Lipinski definition) is 1. The molecule has 1 aromatic rings. The predicted molar refractivity (Wildman–Crippen MR) is 74.5 cm³/mol. The molecule has 0 fully saturated rings. The molecule has 2 nitrogen and oxygen atoms in total. The van der Waals surface area contributed by atoms with E-state index in [2.05, 4.69) is 50.8 Å². The summed E-state index contributed by atoms with van der Waals surface area (Å²) in [5, 5.41) is 2.89. The van der Waals surface area contributed by atoms with Crippen LogP contribution < -0.4 is 5.32 Å². The molecule has 0 aliphatic heterocycles. The van der Waals surface area contributed by atoms with E-state index in [1.165, 1.54) is 0 Å². The lowest BCUT2D eigenvalue weighted by atomic mass is 10.2. The molecule has 4 heteroatoms. The third kappa shape index (κ3) is 4.97. The standard InChI is InChI=1S/C11H13BrINO/c1-8(12)5-6-14-11(15)9-3-2-4-10(13)7-9/h2-4,7-8H,5-6H2,1H3,(H,14,15). The number of benzene rings is 1. The fraction of sp³-hybridized carbons (Fsp3) is 0.364. The van der Waals surface area contributed by atoms with Gasteiger partial charge in [-0.1, -0.05) is 28.9 Å². The molecule has 0 heterocycles. The highest BCUT2D eigenvalue weighted by Gasteiger charge is 2.05. The molecule has 0 aliphatic carbocycles. The predicted octanol–water partition coefficient (Wildman–Crippen LogP) is 3.19. The zero-order valence-electron chi connectivity index (χ0n) is 8.47. The third-order valence-corrected chi connectivity index (χ3v) is 3.04. The Balaban J connectivity index is 2.47. The maximum atomic E-state index is 11.6. The first-order valence-electron chi connectivity index (χ1n) is 4.77. The lowest BCUT2D eigenvalue weighted by molar-refractivity contribution is 0.0953. The quantitative estimate of drug-likeness (QED) is 0.629. The molecule has 1 N–H and O–H groups in total. The van der Waals surface area contributed by atoms with Crippen LogP contribution in [0.25, 0.3) is 0 Å². The normalized spacial score (nSPS) is 12.2. The zero-order valence-corrected chi connectivity index (χ0v) is 12.2. The topological polar surface area (TPSA) is 29.1 Å². The van der Waals surface area contributed by atoms with Gasteiger partial charge in [0.2, 0.25) is 0 Å². The van der Waals surface area contributed by atoms with E-state index in [1.807, 2.05) is 24.3 Å². The highest BCUT2D eigenvalue weighted by molar-refractivity contribution is 14.1. The van der Waals surface area contributed by atoms with Crippen molar-refractivity contribution < 1.29 is 4.79 Å². The van der Waals surface area contributed by atoms with E-state index >= 15 is 0 Å². The van der Waals surface area contributed by atoms with Gasteiger partial charge in [-0.2, -0.15) is 0 Å². The van der Waals surface area contributed by atoms with Gasteiger partial charge in [-0.15, -0.1) is 0 Å². The maximum Gasteiger partial charge on any atom is 0.251 e. The van der Waals surface area contributed by atoms with Gasteiger partial charge in [0.25, 0.3) is 5.91 Å². The van der Waals surface area contributed by atoms with Gasteiger partial charge < -0.3 is 5.32 Å². The van der Waals surface area contributed by atoms with Gasteiger partial charge >= 0.3 is 0 Å². The van der Waals surface area contributed by atoms with Crippen LogP contribution in [0.4, 0.5) is 0 Å². The Morgan fingerprint density at radius 2 is 2.33 bits per heavy atom. The number of halogens is 2. The summed E-state index contributed by atoms with van der Waals surface area (Å²) in [4.78, 5) is 12.1. The number of carbonyl (C=O) groups is 1. The van der Waals surface area contributed by atoms with Crippen molar-refractivity contribution in [3.63, 3.8) is 0 Å². The van der Waals surface area contributed by atoms with E-state index in [-0.39, 0.29) is 5.91 Å². The monoisotopic (exact) mass is 381 g/mol. The molecule has 1 atom stereocenters. The van der Waals surface area contributed by atoms with Gasteiger partial charge in [-0.3, -0.25) is 4.79 Å². The van der Waals surface area contributed by atoms with Crippen molar-refractivity contribution in [1.29, 1.82) is 0 Å². The zero-order chi connectivity index (χ0) is 11.3. The molecule has 0 bridgehead atoms. The molecule has 1 rings (SSSR count). The fourth-order valence-electron chi connectivity index (χ4n) is 1.12. The van der Waals surface area contributed by atoms with E-state index in [0.29, 0.717) is 11.4 Å². The minimum Gasteiger partial charge on any atom is -0.352 e. The highest BCUT2D eigenvalue weighted by atomic mass is 127. The van der Waals surface area contributed by atoms with Crippen molar-refractivity contribution in [1.82, 2.24) is 5.32 Å². The molecule has 0 radical (unpaired) electrons. The van der Waals surface area contributed by atoms with E-state index in [1.54, 1.807) is 0 Å². The summed E-state index contributed by atoms with van der Waals surface area (Å²) in [6.45, 7) is 2.77. The molecular weight excluding hydrogens is 369 g/mol. The Labute approximate surface area is 112 Å². The molecule has 82 valence electrons. The van der Waals surface area contributed by atoms with Gasteiger partial charge in [-0.25, -0.2) is 0 Å². The fourth-order valence-corrected chi connectivity index (χ4v) is 1.89. The Bertz CT molecular complexity index is 341. The molecule has 0 saturated heterocycles. The summed E-state index contributed by atoms with van der Waals surface area (Å²) >= 11 is 5.64. The largest absolute Gasteiger partial charge is 0.352 e. The molecule has 1 unspecified atom stereocenters. The van der Waals surface area contributed by atoms with Crippen molar-refractivity contribution in [3.8, 4) is 0 Å². The van der Waals surface area contributed by atoms with Gasteiger partial charge in [0.15, 0.2) is 0 Å². The number of hydrogen-bond acceptors (Lipinski definition) is 1. The number of rotatable bonds is 4. The van der Waals surface area contributed by atoms with Crippen molar-refractivity contribution in [2.24, 2.45) is 0 Å². The lowest BCUT2D eigenvalue weighted by Crippen LogP contribution is -2.25. The van der Waals surface area contributed by atoms with Gasteiger partial charge in [0, 0.05) is 20.5 Å². The number of amides is 1. The van der Waals surface area contributed by atoms with Crippen LogP contribution in [-0.4, -0.2) is 17.3 Å². The highest BCUT2D eigenvalue weighted by Crippen LogP contribution is 2.08. The minimum absolute atomic E-state index is 0.00154. The Morgan fingerprint density at radius 1 is 1.60 bits per heavy atom. The second-order valence-corrected chi connectivity index (χ2v) is 6.14.